The topological polar surface area (TPSA) is 103 Å². The van der Waals surface area contributed by atoms with E-state index in [2.05, 4.69) is 4.72 Å². The summed E-state index contributed by atoms with van der Waals surface area (Å²) in [6.07, 6.45) is 3.58. The Kier molecular flexibility index (Phi) is 8.97. The predicted molar refractivity (Wildman–Crippen MR) is 140 cm³/mol. The number of benzene rings is 3. The Morgan fingerprint density at radius 1 is 0.806 bits per heavy atom. The van der Waals surface area contributed by atoms with Gasteiger partial charge in [0.2, 0.25) is 15.8 Å². The zero-order valence-corrected chi connectivity index (χ0v) is 22.3. The van der Waals surface area contributed by atoms with Crippen molar-refractivity contribution in [1.82, 2.24) is 4.72 Å². The van der Waals surface area contributed by atoms with Crippen molar-refractivity contribution >= 4 is 45.4 Å². The molecule has 0 aliphatic rings. The molecule has 11 heteroatoms. The highest BCUT2D eigenvalue weighted by atomic mass is 35.5. The first-order chi connectivity index (χ1) is 17.1. The van der Waals surface area contributed by atoms with Crippen molar-refractivity contribution in [2.45, 2.75) is 11.4 Å². The van der Waals surface area contributed by atoms with Crippen molar-refractivity contribution < 1.29 is 32.5 Å². The van der Waals surface area contributed by atoms with Gasteiger partial charge in [0.1, 0.15) is 0 Å². The molecule has 0 aromatic heterocycles. The predicted octanol–water partition coefficient (Wildman–Crippen LogP) is 5.38. The standard InChI is InChI=1S/C25H25Cl2NO7S/c1-32-21-10-15(5-6-16-11-22(33-2)25(35-4)23(12-16)34-3)9-17(24(21)29)14-28-36(30,31)18-7-8-19(26)20(27)13-18/h5-13,28-29H,14H2,1-4H3/b6-5-. The van der Waals surface area contributed by atoms with E-state index in [-0.39, 0.29) is 33.0 Å². The van der Waals surface area contributed by atoms with Crippen LogP contribution in [0.1, 0.15) is 16.7 Å². The van der Waals surface area contributed by atoms with Crippen LogP contribution in [0, 0.1) is 0 Å². The molecule has 0 radical (unpaired) electrons. The van der Waals surface area contributed by atoms with E-state index in [4.69, 9.17) is 42.1 Å². The lowest BCUT2D eigenvalue weighted by Crippen LogP contribution is -2.23. The molecule has 0 amide bonds. The van der Waals surface area contributed by atoms with Crippen LogP contribution in [0.3, 0.4) is 0 Å². The zero-order chi connectivity index (χ0) is 26.5. The molecule has 0 saturated carbocycles. The lowest BCUT2D eigenvalue weighted by atomic mass is 10.1. The first-order valence-electron chi connectivity index (χ1n) is 10.5. The maximum Gasteiger partial charge on any atom is 0.240 e. The second kappa shape index (κ2) is 11.7. The number of rotatable bonds is 10. The fraction of sp³-hybridized carbons (Fsp3) is 0.200. The summed E-state index contributed by atoms with van der Waals surface area (Å²) >= 11 is 11.8. The maximum absolute atomic E-state index is 12.7. The van der Waals surface area contributed by atoms with E-state index in [0.29, 0.717) is 28.4 Å². The second-order valence-electron chi connectivity index (χ2n) is 7.42. The fourth-order valence-corrected chi connectivity index (χ4v) is 4.76. The Morgan fingerprint density at radius 2 is 1.36 bits per heavy atom. The van der Waals surface area contributed by atoms with Crippen LogP contribution < -0.4 is 23.7 Å². The van der Waals surface area contributed by atoms with Crippen LogP contribution in [0.2, 0.25) is 10.0 Å². The van der Waals surface area contributed by atoms with Gasteiger partial charge in [-0.25, -0.2) is 13.1 Å². The SMILES string of the molecule is COc1cc(/C=C\c2cc(OC)c(OC)c(OC)c2)cc(CNS(=O)(=O)c2ccc(Cl)c(Cl)c2)c1O. The number of phenols is 1. The molecule has 0 aliphatic carbocycles. The maximum atomic E-state index is 12.7. The number of hydrogen-bond donors (Lipinski definition) is 2. The molecule has 3 aromatic carbocycles. The lowest BCUT2D eigenvalue weighted by molar-refractivity contribution is 0.324. The summed E-state index contributed by atoms with van der Waals surface area (Å²) in [4.78, 5) is -0.0539. The van der Waals surface area contributed by atoms with Gasteiger partial charge < -0.3 is 24.1 Å². The molecule has 8 nitrogen and oxygen atoms in total. The number of aromatic hydroxyl groups is 1. The molecule has 2 N–H and O–H groups in total. The smallest absolute Gasteiger partial charge is 0.240 e. The van der Waals surface area contributed by atoms with Gasteiger partial charge in [-0.2, -0.15) is 0 Å². The normalized spacial score (nSPS) is 11.5. The van der Waals surface area contributed by atoms with Gasteiger partial charge in [0, 0.05) is 12.1 Å². The highest BCUT2D eigenvalue weighted by Crippen LogP contribution is 2.39. The van der Waals surface area contributed by atoms with Gasteiger partial charge in [-0.05, 0) is 53.6 Å². The third-order valence-electron chi connectivity index (χ3n) is 5.21. The summed E-state index contributed by atoms with van der Waals surface area (Å²) in [7, 11) is 2.06. The highest BCUT2D eigenvalue weighted by molar-refractivity contribution is 7.89. The van der Waals surface area contributed by atoms with Crippen molar-refractivity contribution in [2.75, 3.05) is 28.4 Å². The average Bonchev–Trinajstić information content (AvgIpc) is 2.87. The number of phenolic OH excluding ortho intramolecular Hbond substituents is 1. The Bertz CT molecular complexity index is 1370. The van der Waals surface area contributed by atoms with E-state index in [1.807, 2.05) is 0 Å². The van der Waals surface area contributed by atoms with E-state index in [0.717, 1.165) is 5.56 Å². The molecule has 0 bridgehead atoms. The summed E-state index contributed by atoms with van der Waals surface area (Å²) in [5.74, 6) is 1.47. The van der Waals surface area contributed by atoms with Crippen molar-refractivity contribution in [3.8, 4) is 28.7 Å². The van der Waals surface area contributed by atoms with E-state index >= 15 is 0 Å². The van der Waals surface area contributed by atoms with Gasteiger partial charge in [0.25, 0.3) is 0 Å². The van der Waals surface area contributed by atoms with E-state index < -0.39 is 10.0 Å². The largest absolute Gasteiger partial charge is 0.504 e. The second-order valence-corrected chi connectivity index (χ2v) is 10.0. The molecule has 0 spiro atoms. The van der Waals surface area contributed by atoms with Crippen LogP contribution in [0.5, 0.6) is 28.7 Å². The Hall–Kier alpha value is -3.11. The van der Waals surface area contributed by atoms with Gasteiger partial charge in [0.15, 0.2) is 23.0 Å². The molecule has 3 rings (SSSR count). The number of ether oxygens (including phenoxy) is 4. The molecule has 0 atom stereocenters. The van der Waals surface area contributed by atoms with Gasteiger partial charge in [-0.15, -0.1) is 0 Å². The molecule has 3 aromatic rings. The third kappa shape index (κ3) is 6.17. The van der Waals surface area contributed by atoms with E-state index in [1.165, 1.54) is 46.6 Å². The number of nitrogens with one attached hydrogen (secondary N) is 1. The minimum atomic E-state index is -3.93. The molecular formula is C25H25Cl2NO7S. The van der Waals surface area contributed by atoms with Crippen LogP contribution in [-0.2, 0) is 16.6 Å². The summed E-state index contributed by atoms with van der Waals surface area (Å²) in [5, 5.41) is 10.9. The highest BCUT2D eigenvalue weighted by Gasteiger charge is 2.18. The van der Waals surface area contributed by atoms with Gasteiger partial charge in [0.05, 0.1) is 43.4 Å². The van der Waals surface area contributed by atoms with Gasteiger partial charge in [-0.3, -0.25) is 0 Å². The van der Waals surface area contributed by atoms with Gasteiger partial charge >= 0.3 is 0 Å². The van der Waals surface area contributed by atoms with Crippen molar-refractivity contribution in [3.05, 3.63) is 69.2 Å². The quantitative estimate of drug-likeness (QED) is 0.324. The van der Waals surface area contributed by atoms with Crippen molar-refractivity contribution in [3.63, 3.8) is 0 Å². The zero-order valence-electron chi connectivity index (χ0n) is 20.0. The summed E-state index contributed by atoms with van der Waals surface area (Å²) in [6, 6.07) is 10.8. The Labute approximate surface area is 220 Å². The lowest BCUT2D eigenvalue weighted by Gasteiger charge is -2.13. The number of sulfonamides is 1. The fourth-order valence-electron chi connectivity index (χ4n) is 3.37. The van der Waals surface area contributed by atoms with Crippen molar-refractivity contribution in [2.24, 2.45) is 0 Å². The molecule has 192 valence electrons. The number of methoxy groups -OCH3 is 4. The first kappa shape index (κ1) is 27.5. The molecule has 0 fully saturated rings. The number of halogens is 2. The Morgan fingerprint density at radius 3 is 1.89 bits per heavy atom. The summed E-state index contributed by atoms with van der Waals surface area (Å²) in [5.41, 5.74) is 1.73. The van der Waals surface area contributed by atoms with Crippen molar-refractivity contribution in [1.29, 1.82) is 0 Å². The molecule has 36 heavy (non-hydrogen) atoms. The van der Waals surface area contributed by atoms with Crippen LogP contribution in [0.4, 0.5) is 0 Å². The summed E-state index contributed by atoms with van der Waals surface area (Å²) in [6.45, 7) is -0.198. The monoisotopic (exact) mass is 553 g/mol. The Balaban J connectivity index is 1.91. The van der Waals surface area contributed by atoms with E-state index in [1.54, 1.807) is 36.4 Å². The van der Waals surface area contributed by atoms with Gasteiger partial charge in [-0.1, -0.05) is 35.4 Å². The minimum absolute atomic E-state index is 0.0539. The van der Waals surface area contributed by atoms with Crippen LogP contribution in [0.25, 0.3) is 12.2 Å². The number of hydrogen-bond acceptors (Lipinski definition) is 7. The molecule has 0 saturated heterocycles. The first-order valence-corrected chi connectivity index (χ1v) is 12.7. The average molecular weight is 554 g/mol. The molecule has 0 unspecified atom stereocenters. The molecule has 0 heterocycles. The third-order valence-corrected chi connectivity index (χ3v) is 7.34. The van der Waals surface area contributed by atoms with Crippen LogP contribution in [-0.4, -0.2) is 42.0 Å². The minimum Gasteiger partial charge on any atom is -0.504 e. The van der Waals surface area contributed by atoms with Crippen LogP contribution >= 0.6 is 23.2 Å². The molecular weight excluding hydrogens is 529 g/mol. The van der Waals surface area contributed by atoms with E-state index in [9.17, 15) is 13.5 Å². The van der Waals surface area contributed by atoms with Crippen LogP contribution in [0.15, 0.2) is 47.4 Å². The summed E-state index contributed by atoms with van der Waals surface area (Å²) < 4.78 is 49.3. The molecule has 0 aliphatic heterocycles.